The molecule has 0 aliphatic rings. The zero-order chi connectivity index (χ0) is 21.9. The van der Waals surface area contributed by atoms with Gasteiger partial charge in [-0.05, 0) is 55.8 Å². The molecule has 1 amide bonds. The van der Waals surface area contributed by atoms with Gasteiger partial charge in [0.1, 0.15) is 6.54 Å². The van der Waals surface area contributed by atoms with E-state index in [4.69, 9.17) is 23.2 Å². The van der Waals surface area contributed by atoms with E-state index >= 15 is 0 Å². The second kappa shape index (κ2) is 9.08. The molecule has 5 nitrogen and oxygen atoms in total. The average molecular weight is 463 g/mol. The summed E-state index contributed by atoms with van der Waals surface area (Å²) in [5.74, 6) is -0.543. The Balaban J connectivity index is 1.98. The van der Waals surface area contributed by atoms with E-state index in [2.05, 4.69) is 5.32 Å². The van der Waals surface area contributed by atoms with Crippen molar-refractivity contribution in [2.75, 3.05) is 16.2 Å². The summed E-state index contributed by atoms with van der Waals surface area (Å²) in [6.45, 7) is 3.24. The number of aryl methyl sites for hydroxylation is 2. The van der Waals surface area contributed by atoms with E-state index in [1.54, 1.807) is 55.5 Å². The van der Waals surface area contributed by atoms with Crippen molar-refractivity contribution in [2.45, 2.75) is 18.7 Å². The number of halogens is 2. The summed E-state index contributed by atoms with van der Waals surface area (Å²) in [5, 5.41) is 3.35. The van der Waals surface area contributed by atoms with Crippen LogP contribution >= 0.6 is 23.2 Å². The Bertz CT molecular complexity index is 1180. The molecule has 0 saturated carbocycles. The highest BCUT2D eigenvalue weighted by Crippen LogP contribution is 2.28. The Kier molecular flexibility index (Phi) is 6.71. The Hall–Kier alpha value is -2.54. The van der Waals surface area contributed by atoms with Crippen molar-refractivity contribution in [3.63, 3.8) is 0 Å². The summed E-state index contributed by atoms with van der Waals surface area (Å²) in [5.41, 5.74) is 2.39. The van der Waals surface area contributed by atoms with Gasteiger partial charge in [-0.2, -0.15) is 0 Å². The molecule has 156 valence electrons. The van der Waals surface area contributed by atoms with Crippen molar-refractivity contribution in [1.82, 2.24) is 0 Å². The summed E-state index contributed by atoms with van der Waals surface area (Å²) in [6.07, 6.45) is 0. The first kappa shape index (κ1) is 22.2. The molecule has 3 aromatic carbocycles. The Morgan fingerprint density at radius 2 is 1.63 bits per heavy atom. The quantitative estimate of drug-likeness (QED) is 0.529. The summed E-state index contributed by atoms with van der Waals surface area (Å²) in [4.78, 5) is 12.9. The van der Waals surface area contributed by atoms with Gasteiger partial charge in [-0.15, -0.1) is 0 Å². The zero-order valence-corrected chi connectivity index (χ0v) is 18.7. The molecule has 30 heavy (non-hydrogen) atoms. The molecule has 3 rings (SSSR count). The number of hydrogen-bond acceptors (Lipinski definition) is 3. The van der Waals surface area contributed by atoms with Crippen molar-refractivity contribution in [2.24, 2.45) is 0 Å². The predicted molar refractivity (Wildman–Crippen MR) is 122 cm³/mol. The Morgan fingerprint density at radius 1 is 0.967 bits per heavy atom. The van der Waals surface area contributed by atoms with Gasteiger partial charge in [-0.1, -0.05) is 59.1 Å². The van der Waals surface area contributed by atoms with Crippen molar-refractivity contribution in [3.8, 4) is 0 Å². The van der Waals surface area contributed by atoms with Crippen LogP contribution in [0.25, 0.3) is 0 Å². The van der Waals surface area contributed by atoms with Gasteiger partial charge < -0.3 is 5.32 Å². The second-order valence-corrected chi connectivity index (χ2v) is 9.49. The predicted octanol–water partition coefficient (Wildman–Crippen LogP) is 5.44. The number of benzene rings is 3. The largest absolute Gasteiger partial charge is 0.323 e. The molecule has 0 saturated heterocycles. The molecule has 0 aromatic heterocycles. The number of carbonyl (C=O) groups excluding carboxylic acids is 1. The lowest BCUT2D eigenvalue weighted by molar-refractivity contribution is -0.114. The molecule has 0 aliphatic carbocycles. The fraction of sp³-hybridized carbons (Fsp3) is 0.136. The van der Waals surface area contributed by atoms with Gasteiger partial charge >= 0.3 is 0 Å². The molecule has 8 heteroatoms. The number of carbonyl (C=O) groups is 1. The standard InChI is InChI=1S/C22H20Cl2N2O3S/c1-15-7-10-18(11-8-15)30(28,29)26(21-6-4-3-5-16(21)2)14-22(27)25-20-13-17(23)9-12-19(20)24/h3-13H,14H2,1-2H3,(H,25,27). The van der Waals surface area contributed by atoms with Crippen LogP contribution in [-0.4, -0.2) is 20.9 Å². The zero-order valence-electron chi connectivity index (χ0n) is 16.4. The number of amides is 1. The van der Waals surface area contributed by atoms with E-state index in [1.807, 2.05) is 6.92 Å². The maximum absolute atomic E-state index is 13.4. The van der Waals surface area contributed by atoms with Crippen LogP contribution in [-0.2, 0) is 14.8 Å². The topological polar surface area (TPSA) is 66.5 Å². The fourth-order valence-corrected chi connectivity index (χ4v) is 4.72. The molecular formula is C22H20Cl2N2O3S. The molecule has 0 heterocycles. The molecular weight excluding hydrogens is 443 g/mol. The highest BCUT2D eigenvalue weighted by Gasteiger charge is 2.28. The lowest BCUT2D eigenvalue weighted by atomic mass is 10.2. The normalized spacial score (nSPS) is 11.2. The van der Waals surface area contributed by atoms with Gasteiger partial charge in [0.05, 0.1) is 21.3 Å². The van der Waals surface area contributed by atoms with Crippen LogP contribution < -0.4 is 9.62 Å². The van der Waals surface area contributed by atoms with Gasteiger partial charge in [0, 0.05) is 5.02 Å². The summed E-state index contributed by atoms with van der Waals surface area (Å²) >= 11 is 12.1. The first-order valence-corrected chi connectivity index (χ1v) is 11.3. The number of hydrogen-bond donors (Lipinski definition) is 1. The summed E-state index contributed by atoms with van der Waals surface area (Å²) < 4.78 is 27.9. The van der Waals surface area contributed by atoms with Gasteiger partial charge in [0.15, 0.2) is 0 Å². The van der Waals surface area contributed by atoms with E-state index in [1.165, 1.54) is 18.2 Å². The summed E-state index contributed by atoms with van der Waals surface area (Å²) in [6, 6.07) is 18.1. The number of sulfonamides is 1. The minimum absolute atomic E-state index is 0.102. The van der Waals surface area contributed by atoms with Gasteiger partial charge in [0.25, 0.3) is 10.0 Å². The maximum Gasteiger partial charge on any atom is 0.264 e. The van der Waals surface area contributed by atoms with E-state index in [9.17, 15) is 13.2 Å². The van der Waals surface area contributed by atoms with Crippen LogP contribution in [0.5, 0.6) is 0 Å². The highest BCUT2D eigenvalue weighted by atomic mass is 35.5. The molecule has 0 atom stereocenters. The van der Waals surface area contributed by atoms with E-state index < -0.39 is 22.5 Å². The van der Waals surface area contributed by atoms with Crippen molar-refractivity contribution in [1.29, 1.82) is 0 Å². The third-order valence-corrected chi connectivity index (χ3v) is 6.82. The van der Waals surface area contributed by atoms with Crippen LogP contribution in [0.2, 0.25) is 10.0 Å². The third kappa shape index (κ3) is 4.95. The first-order valence-electron chi connectivity index (χ1n) is 9.08. The van der Waals surface area contributed by atoms with Crippen LogP contribution in [0.1, 0.15) is 11.1 Å². The van der Waals surface area contributed by atoms with Gasteiger partial charge in [-0.25, -0.2) is 8.42 Å². The molecule has 0 aliphatic heterocycles. The third-order valence-electron chi connectivity index (χ3n) is 4.48. The molecule has 0 radical (unpaired) electrons. The fourth-order valence-electron chi connectivity index (χ4n) is 2.89. The Labute approximate surface area is 186 Å². The van der Waals surface area contributed by atoms with Crippen molar-refractivity contribution >= 4 is 50.5 Å². The lowest BCUT2D eigenvalue weighted by Crippen LogP contribution is -2.38. The van der Waals surface area contributed by atoms with Gasteiger partial charge in [0.2, 0.25) is 5.91 Å². The van der Waals surface area contributed by atoms with Crippen LogP contribution in [0.4, 0.5) is 11.4 Å². The van der Waals surface area contributed by atoms with Crippen LogP contribution in [0.15, 0.2) is 71.6 Å². The van der Waals surface area contributed by atoms with Gasteiger partial charge in [-0.3, -0.25) is 9.10 Å². The smallest absolute Gasteiger partial charge is 0.264 e. The van der Waals surface area contributed by atoms with E-state index in [-0.39, 0.29) is 4.90 Å². The number of para-hydroxylation sites is 1. The lowest BCUT2D eigenvalue weighted by Gasteiger charge is -2.25. The molecule has 3 aromatic rings. The SMILES string of the molecule is Cc1ccc(S(=O)(=O)N(CC(=O)Nc2cc(Cl)ccc2Cl)c2ccccc2C)cc1. The maximum atomic E-state index is 13.4. The molecule has 0 spiro atoms. The van der Waals surface area contributed by atoms with E-state index in [0.717, 1.165) is 15.4 Å². The number of nitrogens with zero attached hydrogens (tertiary/aromatic N) is 1. The molecule has 0 bridgehead atoms. The summed E-state index contributed by atoms with van der Waals surface area (Å²) in [7, 11) is -3.99. The Morgan fingerprint density at radius 3 is 2.30 bits per heavy atom. The number of anilines is 2. The minimum Gasteiger partial charge on any atom is -0.323 e. The number of rotatable bonds is 6. The first-order chi connectivity index (χ1) is 14.2. The van der Waals surface area contributed by atoms with Crippen molar-refractivity contribution < 1.29 is 13.2 Å². The molecule has 0 unspecified atom stereocenters. The van der Waals surface area contributed by atoms with Crippen LogP contribution in [0, 0.1) is 13.8 Å². The highest BCUT2D eigenvalue weighted by molar-refractivity contribution is 7.92. The average Bonchev–Trinajstić information content (AvgIpc) is 2.70. The number of nitrogens with one attached hydrogen (secondary N) is 1. The molecule has 0 fully saturated rings. The van der Waals surface area contributed by atoms with Crippen molar-refractivity contribution in [3.05, 3.63) is 87.9 Å². The van der Waals surface area contributed by atoms with Crippen LogP contribution in [0.3, 0.4) is 0 Å². The monoisotopic (exact) mass is 462 g/mol. The van der Waals surface area contributed by atoms with E-state index in [0.29, 0.717) is 21.4 Å². The minimum atomic E-state index is -3.99. The molecule has 1 N–H and O–H groups in total. The second-order valence-electron chi connectivity index (χ2n) is 6.78.